The minimum absolute atomic E-state index is 0.0187. The zero-order valence-corrected chi connectivity index (χ0v) is 15.3. The number of aromatic nitrogens is 2. The van der Waals surface area contributed by atoms with Crippen LogP contribution < -0.4 is 5.32 Å². The molecule has 9 heteroatoms. The maximum atomic E-state index is 12.8. The van der Waals surface area contributed by atoms with Gasteiger partial charge < -0.3 is 10.4 Å². The van der Waals surface area contributed by atoms with E-state index in [-0.39, 0.29) is 17.7 Å². The number of nitrogens with one attached hydrogen (secondary N) is 1. The summed E-state index contributed by atoms with van der Waals surface area (Å²) in [5.74, 6) is -0.517. The number of carboxylic acids is 1. The van der Waals surface area contributed by atoms with E-state index in [1.54, 1.807) is 18.2 Å². The van der Waals surface area contributed by atoms with Crippen LogP contribution >= 0.6 is 0 Å². The number of benzene rings is 1. The van der Waals surface area contributed by atoms with Gasteiger partial charge in [-0.25, -0.2) is 4.79 Å². The van der Waals surface area contributed by atoms with Crippen LogP contribution in [0, 0.1) is 5.92 Å². The summed E-state index contributed by atoms with van der Waals surface area (Å²) in [6, 6.07) is 8.24. The molecule has 0 spiro atoms. The number of nitrogens with zero attached hydrogens (tertiary/aromatic N) is 3. The highest BCUT2D eigenvalue weighted by molar-refractivity contribution is 5.85. The zero-order valence-electron chi connectivity index (χ0n) is 15.3. The molecular weight excluding hydrogens is 373 g/mol. The molecule has 2 heterocycles. The average molecular weight is 394 g/mol. The van der Waals surface area contributed by atoms with Crippen molar-refractivity contribution in [3.8, 4) is 0 Å². The topological polar surface area (TPSA) is 78.4 Å². The van der Waals surface area contributed by atoms with Crippen molar-refractivity contribution < 1.29 is 23.1 Å². The molecule has 0 radical (unpaired) electrons. The van der Waals surface area contributed by atoms with Crippen molar-refractivity contribution in [1.82, 2.24) is 15.1 Å². The number of hydrogen-bond acceptors (Lipinski definition) is 5. The van der Waals surface area contributed by atoms with Crippen LogP contribution in [-0.4, -0.2) is 46.3 Å². The Balaban J connectivity index is 1.72. The second-order valence-electron chi connectivity index (χ2n) is 6.94. The summed E-state index contributed by atoms with van der Waals surface area (Å²) >= 11 is 0. The van der Waals surface area contributed by atoms with E-state index >= 15 is 0 Å². The van der Waals surface area contributed by atoms with E-state index in [0.29, 0.717) is 12.4 Å². The summed E-state index contributed by atoms with van der Waals surface area (Å²) in [5, 5.41) is 19.5. The molecule has 1 aromatic carbocycles. The van der Waals surface area contributed by atoms with E-state index in [2.05, 4.69) is 20.4 Å². The zero-order chi connectivity index (χ0) is 20.3. The van der Waals surface area contributed by atoms with Gasteiger partial charge in [0.1, 0.15) is 5.82 Å². The quantitative estimate of drug-likeness (QED) is 0.805. The molecule has 0 aliphatic carbocycles. The number of carbonyl (C=O) groups is 1. The highest BCUT2D eigenvalue weighted by Gasteiger charge is 2.33. The van der Waals surface area contributed by atoms with Crippen LogP contribution in [0.5, 0.6) is 0 Å². The Morgan fingerprint density at radius 2 is 1.93 bits per heavy atom. The van der Waals surface area contributed by atoms with Gasteiger partial charge in [-0.15, -0.1) is 10.2 Å². The summed E-state index contributed by atoms with van der Waals surface area (Å²) in [5.41, 5.74) is 0.0538. The number of anilines is 1. The molecule has 2 N–H and O–H groups in total. The first-order valence-corrected chi connectivity index (χ1v) is 8.94. The number of rotatable bonds is 5. The third-order valence-corrected chi connectivity index (χ3v) is 5.02. The first-order chi connectivity index (χ1) is 13.3. The van der Waals surface area contributed by atoms with Crippen LogP contribution in [0.3, 0.4) is 0 Å². The number of piperidine rings is 1. The second-order valence-corrected chi connectivity index (χ2v) is 6.94. The van der Waals surface area contributed by atoms with E-state index in [1.807, 2.05) is 7.05 Å². The Bertz CT molecular complexity index is 809. The highest BCUT2D eigenvalue weighted by atomic mass is 19.4. The Morgan fingerprint density at radius 1 is 1.21 bits per heavy atom. The molecule has 2 unspecified atom stereocenters. The van der Waals surface area contributed by atoms with E-state index < -0.39 is 17.7 Å². The van der Waals surface area contributed by atoms with Crippen LogP contribution in [0.1, 0.15) is 40.5 Å². The lowest BCUT2D eigenvalue weighted by molar-refractivity contribution is -0.137. The molecule has 0 bridgehead atoms. The first kappa shape index (κ1) is 20.1. The molecule has 1 saturated heterocycles. The SMILES string of the molecule is CN1CCCC(CNc2ccc(C(=O)O)nn2)C1c1ccc(C(F)(F)F)cc1. The summed E-state index contributed by atoms with van der Waals surface area (Å²) in [6.07, 6.45) is -2.44. The van der Waals surface area contributed by atoms with Crippen LogP contribution in [0.2, 0.25) is 0 Å². The van der Waals surface area contributed by atoms with E-state index in [1.165, 1.54) is 6.07 Å². The number of halogens is 3. The lowest BCUT2D eigenvalue weighted by atomic mass is 9.84. The molecule has 0 saturated carbocycles. The van der Waals surface area contributed by atoms with Crippen LogP contribution in [0.4, 0.5) is 19.0 Å². The summed E-state index contributed by atoms with van der Waals surface area (Å²) < 4.78 is 38.5. The van der Waals surface area contributed by atoms with Gasteiger partial charge in [0.15, 0.2) is 5.69 Å². The molecular formula is C19H21F3N4O2. The number of hydrogen-bond donors (Lipinski definition) is 2. The van der Waals surface area contributed by atoms with Crippen LogP contribution in [0.15, 0.2) is 36.4 Å². The molecule has 2 atom stereocenters. The van der Waals surface area contributed by atoms with E-state index in [0.717, 1.165) is 37.1 Å². The van der Waals surface area contributed by atoms with Gasteiger partial charge in [0, 0.05) is 12.6 Å². The van der Waals surface area contributed by atoms with Gasteiger partial charge in [-0.1, -0.05) is 12.1 Å². The fraction of sp³-hybridized carbons (Fsp3) is 0.421. The Labute approximate surface area is 160 Å². The van der Waals surface area contributed by atoms with Gasteiger partial charge in [-0.2, -0.15) is 13.2 Å². The maximum absolute atomic E-state index is 12.8. The number of alkyl halides is 3. The Hall–Kier alpha value is -2.68. The van der Waals surface area contributed by atoms with Gasteiger partial charge in [-0.05, 0) is 62.2 Å². The summed E-state index contributed by atoms with van der Waals surface area (Å²) in [7, 11) is 1.97. The standard InChI is InChI=1S/C19H21F3N4O2/c1-26-10-2-3-13(11-23-16-9-8-15(18(27)28)24-25-16)17(26)12-4-6-14(7-5-12)19(20,21)22/h4-9,13,17H,2-3,10-11H2,1H3,(H,23,25)(H,27,28). The van der Waals surface area contributed by atoms with Gasteiger partial charge in [0.25, 0.3) is 0 Å². The highest BCUT2D eigenvalue weighted by Crippen LogP contribution is 2.37. The summed E-state index contributed by atoms with van der Waals surface area (Å²) in [4.78, 5) is 13.0. The number of carboxylic acid groups (broad SMARTS) is 1. The van der Waals surface area contributed by atoms with Gasteiger partial charge in [0.2, 0.25) is 0 Å². The van der Waals surface area contributed by atoms with Gasteiger partial charge in [0.05, 0.1) is 5.56 Å². The minimum atomic E-state index is -4.35. The molecule has 150 valence electrons. The third kappa shape index (κ3) is 4.59. The molecule has 2 aromatic rings. The van der Waals surface area contributed by atoms with E-state index in [4.69, 9.17) is 5.11 Å². The minimum Gasteiger partial charge on any atom is -0.476 e. The van der Waals surface area contributed by atoms with Crippen molar-refractivity contribution in [3.05, 3.63) is 53.2 Å². The number of aromatic carboxylic acids is 1. The monoisotopic (exact) mass is 394 g/mol. The third-order valence-electron chi connectivity index (χ3n) is 5.02. The fourth-order valence-corrected chi connectivity index (χ4v) is 3.65. The average Bonchev–Trinajstić information content (AvgIpc) is 2.66. The fourth-order valence-electron chi connectivity index (χ4n) is 3.65. The molecule has 28 heavy (non-hydrogen) atoms. The van der Waals surface area contributed by atoms with Crippen molar-refractivity contribution in [2.45, 2.75) is 25.1 Å². The van der Waals surface area contributed by atoms with Crippen molar-refractivity contribution in [3.63, 3.8) is 0 Å². The smallest absolute Gasteiger partial charge is 0.416 e. The Morgan fingerprint density at radius 3 is 2.50 bits per heavy atom. The summed E-state index contributed by atoms with van der Waals surface area (Å²) in [6.45, 7) is 1.42. The predicted octanol–water partition coefficient (Wildman–Crippen LogP) is 3.69. The van der Waals surface area contributed by atoms with Gasteiger partial charge in [-0.3, -0.25) is 4.90 Å². The lowest BCUT2D eigenvalue weighted by Crippen LogP contribution is -2.39. The second kappa shape index (κ2) is 8.14. The molecule has 1 fully saturated rings. The molecule has 3 rings (SSSR count). The first-order valence-electron chi connectivity index (χ1n) is 8.94. The van der Waals surface area contributed by atoms with Crippen molar-refractivity contribution in [2.75, 3.05) is 25.5 Å². The van der Waals surface area contributed by atoms with Gasteiger partial charge >= 0.3 is 12.1 Å². The molecule has 6 nitrogen and oxygen atoms in total. The largest absolute Gasteiger partial charge is 0.476 e. The normalized spacial score (nSPS) is 20.7. The lowest BCUT2D eigenvalue weighted by Gasteiger charge is -2.39. The van der Waals surface area contributed by atoms with Crippen molar-refractivity contribution >= 4 is 11.8 Å². The maximum Gasteiger partial charge on any atom is 0.416 e. The van der Waals surface area contributed by atoms with E-state index in [9.17, 15) is 18.0 Å². The number of likely N-dealkylation sites (tertiary alicyclic amines) is 1. The molecule has 1 aliphatic heterocycles. The van der Waals surface area contributed by atoms with Crippen LogP contribution in [0.25, 0.3) is 0 Å². The molecule has 0 amide bonds. The van der Waals surface area contributed by atoms with Crippen LogP contribution in [-0.2, 0) is 6.18 Å². The predicted molar refractivity (Wildman–Crippen MR) is 97.0 cm³/mol. The molecule has 1 aliphatic rings. The van der Waals surface area contributed by atoms with Crippen molar-refractivity contribution in [1.29, 1.82) is 0 Å². The Kier molecular flexibility index (Phi) is 5.83. The molecule has 1 aromatic heterocycles. The van der Waals surface area contributed by atoms with Crippen molar-refractivity contribution in [2.24, 2.45) is 5.92 Å².